The summed E-state index contributed by atoms with van der Waals surface area (Å²) in [4.78, 5) is 2.37. The van der Waals surface area contributed by atoms with Gasteiger partial charge in [-0.1, -0.05) is 13.8 Å². The van der Waals surface area contributed by atoms with Crippen molar-refractivity contribution in [2.45, 2.75) is 26.8 Å². The van der Waals surface area contributed by atoms with Gasteiger partial charge in [-0.05, 0) is 20.0 Å². The molecule has 1 aromatic rings. The van der Waals surface area contributed by atoms with Gasteiger partial charge in [-0.15, -0.1) is 0 Å². The largest absolute Gasteiger partial charge is 0.493 e. The Morgan fingerprint density at radius 3 is 2.20 bits per heavy atom. The molecule has 0 spiro atoms. The van der Waals surface area contributed by atoms with Crippen LogP contribution in [0, 0.1) is 0 Å². The molecule has 0 aliphatic heterocycles. The van der Waals surface area contributed by atoms with E-state index in [-0.39, 0.29) is 0 Å². The normalized spacial score (nSPS) is 12.3. The standard InChI is InChI=1S/C15H27N3O2/c1-6-18(7-2)10-11(3)17-13-9-15(20-5)14(19-4)8-12(13)16/h8-9,11,17H,6-7,10,16H2,1-5H3. The molecule has 0 radical (unpaired) electrons. The molecule has 0 aromatic heterocycles. The van der Waals surface area contributed by atoms with E-state index >= 15 is 0 Å². The molecule has 0 aliphatic rings. The highest BCUT2D eigenvalue weighted by molar-refractivity contribution is 5.72. The lowest BCUT2D eigenvalue weighted by molar-refractivity contribution is 0.295. The summed E-state index contributed by atoms with van der Waals surface area (Å²) in [6, 6.07) is 3.97. The Hall–Kier alpha value is -1.62. The quantitative estimate of drug-likeness (QED) is 0.717. The second-order valence-electron chi connectivity index (χ2n) is 4.83. The van der Waals surface area contributed by atoms with Gasteiger partial charge < -0.3 is 25.4 Å². The summed E-state index contributed by atoms with van der Waals surface area (Å²) < 4.78 is 10.5. The minimum absolute atomic E-state index is 0.301. The molecule has 1 unspecified atom stereocenters. The van der Waals surface area contributed by atoms with E-state index in [4.69, 9.17) is 15.2 Å². The van der Waals surface area contributed by atoms with E-state index < -0.39 is 0 Å². The number of nitrogens with zero attached hydrogens (tertiary/aromatic N) is 1. The van der Waals surface area contributed by atoms with Gasteiger partial charge in [0, 0.05) is 24.7 Å². The Balaban J connectivity index is 2.81. The van der Waals surface area contributed by atoms with E-state index in [0.29, 0.717) is 23.2 Å². The number of hydrogen-bond donors (Lipinski definition) is 2. The summed E-state index contributed by atoms with van der Waals surface area (Å²) in [6.07, 6.45) is 0. The van der Waals surface area contributed by atoms with E-state index in [0.717, 1.165) is 25.3 Å². The molecule has 0 saturated heterocycles. The summed E-state index contributed by atoms with van der Waals surface area (Å²) in [5, 5.41) is 3.43. The van der Waals surface area contributed by atoms with Crippen molar-refractivity contribution in [3.05, 3.63) is 12.1 Å². The van der Waals surface area contributed by atoms with Gasteiger partial charge in [0.05, 0.1) is 25.6 Å². The van der Waals surface area contributed by atoms with Crippen molar-refractivity contribution in [3.8, 4) is 11.5 Å². The van der Waals surface area contributed by atoms with Crippen molar-refractivity contribution in [2.75, 3.05) is 44.9 Å². The second kappa shape index (κ2) is 7.85. The van der Waals surface area contributed by atoms with Crippen molar-refractivity contribution in [3.63, 3.8) is 0 Å². The monoisotopic (exact) mass is 281 g/mol. The number of ether oxygens (including phenoxy) is 2. The lowest BCUT2D eigenvalue weighted by atomic mass is 10.2. The Labute approximate surface area is 122 Å². The molecule has 0 fully saturated rings. The maximum Gasteiger partial charge on any atom is 0.162 e. The summed E-state index contributed by atoms with van der Waals surface area (Å²) >= 11 is 0. The molecule has 20 heavy (non-hydrogen) atoms. The number of methoxy groups -OCH3 is 2. The molecule has 114 valence electrons. The molecule has 5 nitrogen and oxygen atoms in total. The van der Waals surface area contributed by atoms with Crippen LogP contribution in [0.4, 0.5) is 11.4 Å². The molecule has 0 saturated carbocycles. The third-order valence-electron chi connectivity index (χ3n) is 3.38. The molecular formula is C15H27N3O2. The van der Waals surface area contributed by atoms with Crippen LogP contribution < -0.4 is 20.5 Å². The maximum atomic E-state index is 6.05. The number of likely N-dealkylation sites (N-methyl/N-ethyl adjacent to an activating group) is 1. The van der Waals surface area contributed by atoms with Gasteiger partial charge in [-0.2, -0.15) is 0 Å². The zero-order valence-electron chi connectivity index (χ0n) is 13.2. The van der Waals surface area contributed by atoms with Gasteiger partial charge in [0.15, 0.2) is 11.5 Å². The van der Waals surface area contributed by atoms with E-state index in [2.05, 4.69) is 31.0 Å². The highest BCUT2D eigenvalue weighted by atomic mass is 16.5. The number of nitrogens with two attached hydrogens (primary N) is 1. The highest BCUT2D eigenvalue weighted by Crippen LogP contribution is 2.35. The SMILES string of the molecule is CCN(CC)CC(C)Nc1cc(OC)c(OC)cc1N. The molecule has 1 atom stereocenters. The van der Waals surface area contributed by atoms with Crippen molar-refractivity contribution in [1.82, 2.24) is 4.90 Å². The van der Waals surface area contributed by atoms with E-state index in [1.807, 2.05) is 6.07 Å². The van der Waals surface area contributed by atoms with Gasteiger partial charge in [-0.25, -0.2) is 0 Å². The number of rotatable bonds is 8. The zero-order valence-corrected chi connectivity index (χ0v) is 13.2. The lowest BCUT2D eigenvalue weighted by Gasteiger charge is -2.25. The number of nitrogens with one attached hydrogen (secondary N) is 1. The maximum absolute atomic E-state index is 6.05. The third kappa shape index (κ3) is 4.20. The van der Waals surface area contributed by atoms with Crippen LogP contribution in [0.25, 0.3) is 0 Å². The topological polar surface area (TPSA) is 59.8 Å². The van der Waals surface area contributed by atoms with Crippen LogP contribution in [0.2, 0.25) is 0 Å². The lowest BCUT2D eigenvalue weighted by Crippen LogP contribution is -2.34. The Morgan fingerprint density at radius 2 is 1.70 bits per heavy atom. The molecule has 0 bridgehead atoms. The van der Waals surface area contributed by atoms with Crippen molar-refractivity contribution in [2.24, 2.45) is 0 Å². The first-order chi connectivity index (χ1) is 9.55. The van der Waals surface area contributed by atoms with Crippen LogP contribution >= 0.6 is 0 Å². The van der Waals surface area contributed by atoms with E-state index in [1.54, 1.807) is 20.3 Å². The van der Waals surface area contributed by atoms with Crippen LogP contribution in [0.3, 0.4) is 0 Å². The van der Waals surface area contributed by atoms with Crippen LogP contribution in [0.1, 0.15) is 20.8 Å². The second-order valence-corrected chi connectivity index (χ2v) is 4.83. The summed E-state index contributed by atoms with van der Waals surface area (Å²) in [5.41, 5.74) is 7.59. The molecule has 1 rings (SSSR count). The Bertz CT molecular complexity index is 420. The van der Waals surface area contributed by atoms with Gasteiger partial charge >= 0.3 is 0 Å². The van der Waals surface area contributed by atoms with Gasteiger partial charge in [0.1, 0.15) is 0 Å². The van der Waals surface area contributed by atoms with Crippen molar-refractivity contribution in [1.29, 1.82) is 0 Å². The van der Waals surface area contributed by atoms with E-state index in [1.165, 1.54) is 0 Å². The molecule has 0 aliphatic carbocycles. The summed E-state index contributed by atoms with van der Waals surface area (Å²) in [5.74, 6) is 1.33. The highest BCUT2D eigenvalue weighted by Gasteiger charge is 2.12. The summed E-state index contributed by atoms with van der Waals surface area (Å²) in [6.45, 7) is 9.55. The van der Waals surface area contributed by atoms with Crippen molar-refractivity contribution < 1.29 is 9.47 Å². The fourth-order valence-corrected chi connectivity index (χ4v) is 2.20. The average molecular weight is 281 g/mol. The molecule has 1 aromatic carbocycles. The van der Waals surface area contributed by atoms with Crippen LogP contribution in [0.5, 0.6) is 11.5 Å². The molecule has 0 amide bonds. The number of hydrogen-bond acceptors (Lipinski definition) is 5. The predicted molar refractivity (Wildman–Crippen MR) is 84.8 cm³/mol. The first-order valence-electron chi connectivity index (χ1n) is 7.06. The minimum Gasteiger partial charge on any atom is -0.493 e. The molecule has 3 N–H and O–H groups in total. The molecule has 0 heterocycles. The van der Waals surface area contributed by atoms with E-state index in [9.17, 15) is 0 Å². The Kier molecular flexibility index (Phi) is 6.45. The van der Waals surface area contributed by atoms with Crippen molar-refractivity contribution >= 4 is 11.4 Å². The van der Waals surface area contributed by atoms with Crippen LogP contribution in [0.15, 0.2) is 12.1 Å². The molecular weight excluding hydrogens is 254 g/mol. The Morgan fingerprint density at radius 1 is 1.15 bits per heavy atom. The summed E-state index contributed by atoms with van der Waals surface area (Å²) in [7, 11) is 3.23. The predicted octanol–water partition coefficient (Wildman–Crippen LogP) is 2.43. The third-order valence-corrected chi connectivity index (χ3v) is 3.38. The number of anilines is 2. The van der Waals surface area contributed by atoms with Crippen LogP contribution in [-0.2, 0) is 0 Å². The van der Waals surface area contributed by atoms with Gasteiger partial charge in [-0.3, -0.25) is 0 Å². The number of nitrogen functional groups attached to an aromatic ring is 1. The average Bonchev–Trinajstić information content (AvgIpc) is 2.46. The molecule has 5 heteroatoms. The minimum atomic E-state index is 0.301. The first-order valence-corrected chi connectivity index (χ1v) is 7.06. The van der Waals surface area contributed by atoms with Gasteiger partial charge in [0.2, 0.25) is 0 Å². The number of benzene rings is 1. The van der Waals surface area contributed by atoms with Crippen LogP contribution in [-0.4, -0.2) is 44.8 Å². The smallest absolute Gasteiger partial charge is 0.162 e. The fourth-order valence-electron chi connectivity index (χ4n) is 2.20. The van der Waals surface area contributed by atoms with Gasteiger partial charge in [0.25, 0.3) is 0 Å². The first kappa shape index (κ1) is 16.4. The zero-order chi connectivity index (χ0) is 15.1. The fraction of sp³-hybridized carbons (Fsp3) is 0.600.